The Morgan fingerprint density at radius 3 is 2.50 bits per heavy atom. The molecule has 0 saturated carbocycles. The van der Waals surface area contributed by atoms with Crippen LogP contribution >= 0.6 is 0 Å². The van der Waals surface area contributed by atoms with Gasteiger partial charge in [-0.15, -0.1) is 0 Å². The minimum atomic E-state index is -0.780. The van der Waals surface area contributed by atoms with Crippen LogP contribution in [-0.4, -0.2) is 36.3 Å². The number of rotatable bonds is 7. The number of carbonyl (C=O) groups excluding carboxylic acids is 3. The second-order valence-electron chi connectivity index (χ2n) is 6.39. The Kier molecular flexibility index (Phi) is 6.59. The van der Waals surface area contributed by atoms with Crippen LogP contribution in [0.4, 0.5) is 10.1 Å². The van der Waals surface area contributed by atoms with Crippen LogP contribution in [0.5, 0.6) is 0 Å². The fraction of sp³-hybridized carbons (Fsp3) is 0.136. The number of hydrogen-bond donors (Lipinski definition) is 1. The Hall–Kier alpha value is -3.94. The molecule has 2 amide bonds. The topological polar surface area (TPSA) is 88.9 Å². The number of ether oxygens (including phenoxy) is 1. The van der Waals surface area contributed by atoms with Crippen molar-refractivity contribution in [2.75, 3.05) is 19.0 Å². The van der Waals surface area contributed by atoms with Gasteiger partial charge in [-0.3, -0.25) is 9.59 Å². The Balaban J connectivity index is 1.60. The van der Waals surface area contributed by atoms with Crippen LogP contribution in [0.1, 0.15) is 26.5 Å². The van der Waals surface area contributed by atoms with Crippen LogP contribution < -0.4 is 5.32 Å². The zero-order chi connectivity index (χ0) is 21.5. The lowest BCUT2D eigenvalue weighted by Crippen LogP contribution is -2.31. The lowest BCUT2D eigenvalue weighted by atomic mass is 10.1. The van der Waals surface area contributed by atoms with Crippen molar-refractivity contribution in [1.29, 1.82) is 0 Å². The summed E-state index contributed by atoms with van der Waals surface area (Å²) in [6.45, 7) is -0.483. The van der Waals surface area contributed by atoms with E-state index in [0.29, 0.717) is 5.56 Å². The van der Waals surface area contributed by atoms with E-state index in [0.717, 1.165) is 0 Å². The highest BCUT2D eigenvalue weighted by Gasteiger charge is 2.19. The lowest BCUT2D eigenvalue weighted by Gasteiger charge is -2.18. The number of esters is 1. The van der Waals surface area contributed by atoms with Crippen LogP contribution in [-0.2, 0) is 16.1 Å². The molecule has 0 bridgehead atoms. The smallest absolute Gasteiger partial charge is 0.340 e. The van der Waals surface area contributed by atoms with Crippen molar-refractivity contribution < 1.29 is 27.9 Å². The summed E-state index contributed by atoms with van der Waals surface area (Å²) in [5, 5.41) is 2.57. The van der Waals surface area contributed by atoms with Crippen molar-refractivity contribution in [2.45, 2.75) is 6.54 Å². The molecule has 0 unspecified atom stereocenters. The van der Waals surface area contributed by atoms with Crippen molar-refractivity contribution >= 4 is 23.5 Å². The predicted molar refractivity (Wildman–Crippen MR) is 106 cm³/mol. The van der Waals surface area contributed by atoms with Gasteiger partial charge in [-0.2, -0.15) is 0 Å². The molecule has 0 aliphatic rings. The molecule has 0 fully saturated rings. The summed E-state index contributed by atoms with van der Waals surface area (Å²) >= 11 is 0. The van der Waals surface area contributed by atoms with Crippen molar-refractivity contribution in [1.82, 2.24) is 4.90 Å². The molecule has 154 valence electrons. The summed E-state index contributed by atoms with van der Waals surface area (Å²) in [6.07, 6.45) is 1.36. The highest BCUT2D eigenvalue weighted by Crippen LogP contribution is 2.18. The molecule has 3 rings (SSSR count). The third-order valence-corrected chi connectivity index (χ3v) is 4.26. The number of para-hydroxylation sites is 1. The summed E-state index contributed by atoms with van der Waals surface area (Å²) in [5.41, 5.74) is 0.656. The number of hydrogen-bond acceptors (Lipinski definition) is 5. The maximum Gasteiger partial charge on any atom is 0.340 e. The van der Waals surface area contributed by atoms with Gasteiger partial charge in [0.1, 0.15) is 5.82 Å². The quantitative estimate of drug-likeness (QED) is 0.603. The number of furan rings is 1. The number of likely N-dealkylation sites (N-methyl/N-ethyl adjacent to an activating group) is 1. The van der Waals surface area contributed by atoms with Gasteiger partial charge in [-0.25, -0.2) is 9.18 Å². The number of carbonyl (C=O) groups is 3. The van der Waals surface area contributed by atoms with E-state index in [9.17, 15) is 18.8 Å². The molecule has 0 aliphatic carbocycles. The van der Waals surface area contributed by atoms with Crippen LogP contribution in [0.3, 0.4) is 0 Å². The van der Waals surface area contributed by atoms with Crippen LogP contribution in [0.2, 0.25) is 0 Å². The van der Waals surface area contributed by atoms with E-state index in [1.165, 1.54) is 42.5 Å². The standard InChI is InChI=1S/C22H19FN2O5/c1-25(13-15-7-2-4-9-17(15)23)20(26)14-30-22(28)16-8-3-5-10-18(16)24-21(27)19-11-6-12-29-19/h2-12H,13-14H2,1H3,(H,24,27). The molecule has 0 saturated heterocycles. The minimum absolute atomic E-state index is 0.0405. The number of nitrogens with one attached hydrogen (secondary N) is 1. The lowest BCUT2D eigenvalue weighted by molar-refractivity contribution is -0.133. The van der Waals surface area contributed by atoms with Crippen molar-refractivity contribution in [3.63, 3.8) is 0 Å². The summed E-state index contributed by atoms with van der Waals surface area (Å²) in [7, 11) is 1.49. The number of anilines is 1. The molecular weight excluding hydrogens is 391 g/mol. The average Bonchev–Trinajstić information content (AvgIpc) is 3.29. The molecule has 1 heterocycles. The molecule has 30 heavy (non-hydrogen) atoms. The van der Waals surface area contributed by atoms with Crippen molar-refractivity contribution in [2.24, 2.45) is 0 Å². The van der Waals surface area contributed by atoms with Crippen molar-refractivity contribution in [3.8, 4) is 0 Å². The van der Waals surface area contributed by atoms with Crippen LogP contribution in [0.25, 0.3) is 0 Å². The molecule has 2 aromatic carbocycles. The average molecular weight is 410 g/mol. The van der Waals surface area contributed by atoms with E-state index in [1.807, 2.05) is 0 Å². The molecule has 0 spiro atoms. The van der Waals surface area contributed by atoms with Gasteiger partial charge in [0.05, 0.1) is 17.5 Å². The number of amides is 2. The van der Waals surface area contributed by atoms with E-state index < -0.39 is 30.2 Å². The molecule has 0 radical (unpaired) electrons. The largest absolute Gasteiger partial charge is 0.459 e. The fourth-order valence-electron chi connectivity index (χ4n) is 2.65. The van der Waals surface area contributed by atoms with E-state index in [2.05, 4.69) is 5.32 Å². The van der Waals surface area contributed by atoms with Gasteiger partial charge < -0.3 is 19.4 Å². The molecule has 1 aromatic heterocycles. The summed E-state index contributed by atoms with van der Waals surface area (Å²) in [6, 6.07) is 15.4. The fourth-order valence-corrected chi connectivity index (χ4v) is 2.65. The molecule has 1 N–H and O–H groups in total. The molecular formula is C22H19FN2O5. The third-order valence-electron chi connectivity index (χ3n) is 4.26. The van der Waals surface area contributed by atoms with E-state index in [1.54, 1.807) is 36.4 Å². The second kappa shape index (κ2) is 9.51. The monoisotopic (exact) mass is 410 g/mol. The Morgan fingerprint density at radius 2 is 1.77 bits per heavy atom. The molecule has 7 nitrogen and oxygen atoms in total. The summed E-state index contributed by atoms with van der Waals surface area (Å²) in [5.74, 6) is -2.14. The Morgan fingerprint density at radius 1 is 1.03 bits per heavy atom. The number of nitrogens with zero attached hydrogens (tertiary/aromatic N) is 1. The van der Waals surface area contributed by atoms with Crippen molar-refractivity contribution in [3.05, 3.63) is 89.6 Å². The van der Waals surface area contributed by atoms with Gasteiger partial charge in [-0.1, -0.05) is 30.3 Å². The van der Waals surface area contributed by atoms with E-state index in [-0.39, 0.29) is 23.6 Å². The Labute approximate surface area is 172 Å². The molecule has 8 heteroatoms. The van der Waals surface area contributed by atoms with Gasteiger partial charge >= 0.3 is 5.97 Å². The van der Waals surface area contributed by atoms with Gasteiger partial charge in [-0.05, 0) is 30.3 Å². The molecule has 0 aliphatic heterocycles. The first-order valence-electron chi connectivity index (χ1n) is 9.04. The molecule has 3 aromatic rings. The number of benzene rings is 2. The van der Waals surface area contributed by atoms with Gasteiger partial charge in [0.15, 0.2) is 12.4 Å². The highest BCUT2D eigenvalue weighted by atomic mass is 19.1. The zero-order valence-electron chi connectivity index (χ0n) is 16.1. The molecule has 0 atom stereocenters. The number of halogens is 1. The third kappa shape index (κ3) is 5.11. The van der Waals surface area contributed by atoms with Crippen LogP contribution in [0.15, 0.2) is 71.3 Å². The SMILES string of the molecule is CN(Cc1ccccc1F)C(=O)COC(=O)c1ccccc1NC(=O)c1ccco1. The van der Waals surface area contributed by atoms with Gasteiger partial charge in [0.2, 0.25) is 0 Å². The first-order chi connectivity index (χ1) is 14.5. The summed E-state index contributed by atoms with van der Waals surface area (Å²) in [4.78, 5) is 38.1. The predicted octanol–water partition coefficient (Wildman–Crippen LogP) is 3.49. The minimum Gasteiger partial charge on any atom is -0.459 e. The van der Waals surface area contributed by atoms with Crippen LogP contribution in [0, 0.1) is 5.82 Å². The van der Waals surface area contributed by atoms with E-state index in [4.69, 9.17) is 9.15 Å². The maximum atomic E-state index is 13.7. The normalized spacial score (nSPS) is 10.3. The second-order valence-corrected chi connectivity index (χ2v) is 6.39. The summed E-state index contributed by atoms with van der Waals surface area (Å²) < 4.78 is 23.9. The highest BCUT2D eigenvalue weighted by molar-refractivity contribution is 6.06. The first kappa shape index (κ1) is 20.8. The Bertz CT molecular complexity index is 1050. The zero-order valence-corrected chi connectivity index (χ0v) is 16.1. The van der Waals surface area contributed by atoms with Gasteiger partial charge in [0.25, 0.3) is 11.8 Å². The maximum absolute atomic E-state index is 13.7. The first-order valence-corrected chi connectivity index (χ1v) is 9.04. The van der Waals surface area contributed by atoms with E-state index >= 15 is 0 Å². The van der Waals surface area contributed by atoms with Gasteiger partial charge in [0, 0.05) is 19.2 Å².